The van der Waals surface area contributed by atoms with Gasteiger partial charge >= 0.3 is 0 Å². The molecule has 0 bridgehead atoms. The number of carbonyl (C=O) groups is 1. The minimum Gasteiger partial charge on any atom is -0.486 e. The summed E-state index contributed by atoms with van der Waals surface area (Å²) in [5.74, 6) is 2.98. The van der Waals surface area contributed by atoms with Crippen molar-refractivity contribution in [1.82, 2.24) is 4.90 Å². The zero-order chi connectivity index (χ0) is 28.4. The van der Waals surface area contributed by atoms with Gasteiger partial charge in [0, 0.05) is 24.6 Å². The first-order valence-electron chi connectivity index (χ1n) is 14.7. The molecule has 1 heterocycles. The number of piperidine rings is 1. The Labute approximate surface area is 244 Å². The normalized spacial score (nSPS) is 14.9. The van der Waals surface area contributed by atoms with Gasteiger partial charge in [0.15, 0.2) is 0 Å². The van der Waals surface area contributed by atoms with Crippen LogP contribution in [-0.4, -0.2) is 30.4 Å². The molecule has 4 aromatic carbocycles. The number of nitrogens with one attached hydrogen (secondary N) is 1. The molecule has 1 aliphatic heterocycles. The molecule has 41 heavy (non-hydrogen) atoms. The Bertz CT molecular complexity index is 1370. The number of ether oxygens (including phenoxy) is 2. The van der Waals surface area contributed by atoms with E-state index in [9.17, 15) is 4.79 Å². The molecule has 5 rings (SSSR count). The number of hydrogen-bond donors (Lipinski definition) is 1. The van der Waals surface area contributed by atoms with Gasteiger partial charge in [-0.15, -0.1) is 0 Å². The van der Waals surface area contributed by atoms with Gasteiger partial charge in [-0.1, -0.05) is 74.5 Å². The van der Waals surface area contributed by atoms with Crippen molar-refractivity contribution in [3.63, 3.8) is 0 Å². The van der Waals surface area contributed by atoms with Crippen LogP contribution in [0.4, 0.5) is 5.69 Å². The van der Waals surface area contributed by atoms with Crippen LogP contribution in [-0.2, 0) is 4.79 Å². The lowest BCUT2D eigenvalue weighted by Crippen LogP contribution is -2.34. The van der Waals surface area contributed by atoms with Crippen LogP contribution in [0.25, 0.3) is 0 Å². The Morgan fingerprint density at radius 3 is 2.12 bits per heavy atom. The molecule has 1 N–H and O–H groups in total. The highest BCUT2D eigenvalue weighted by atomic mass is 16.5. The van der Waals surface area contributed by atoms with Crippen molar-refractivity contribution in [2.45, 2.75) is 45.1 Å². The van der Waals surface area contributed by atoms with Crippen LogP contribution in [0.2, 0.25) is 0 Å². The Morgan fingerprint density at radius 2 is 1.44 bits per heavy atom. The zero-order valence-corrected chi connectivity index (χ0v) is 24.0. The van der Waals surface area contributed by atoms with E-state index in [2.05, 4.69) is 52.7 Å². The maximum absolute atomic E-state index is 12.1. The van der Waals surface area contributed by atoms with Crippen molar-refractivity contribution in [2.75, 3.05) is 25.0 Å². The second-order valence-corrected chi connectivity index (χ2v) is 11.1. The fourth-order valence-electron chi connectivity index (χ4n) is 5.28. The van der Waals surface area contributed by atoms with E-state index < -0.39 is 0 Å². The van der Waals surface area contributed by atoms with Crippen molar-refractivity contribution in [1.29, 1.82) is 0 Å². The molecule has 1 aliphatic rings. The van der Waals surface area contributed by atoms with Gasteiger partial charge < -0.3 is 19.7 Å². The minimum atomic E-state index is -0.0314. The first-order chi connectivity index (χ1) is 20.0. The topological polar surface area (TPSA) is 50.8 Å². The van der Waals surface area contributed by atoms with E-state index in [-0.39, 0.29) is 17.9 Å². The van der Waals surface area contributed by atoms with Gasteiger partial charge in [-0.25, -0.2) is 0 Å². The molecule has 1 atom stereocenters. The second-order valence-electron chi connectivity index (χ2n) is 11.1. The monoisotopic (exact) mass is 548 g/mol. The molecule has 0 unspecified atom stereocenters. The molecule has 0 aromatic heterocycles. The van der Waals surface area contributed by atoms with Crippen LogP contribution in [0, 0.1) is 5.92 Å². The highest BCUT2D eigenvalue weighted by Crippen LogP contribution is 2.32. The van der Waals surface area contributed by atoms with Crippen LogP contribution < -0.4 is 14.8 Å². The summed E-state index contributed by atoms with van der Waals surface area (Å²) in [6, 6.07) is 36.6. The lowest BCUT2D eigenvalue weighted by atomic mass is 9.89. The maximum atomic E-state index is 12.1. The predicted molar refractivity (Wildman–Crippen MR) is 166 cm³/mol. The summed E-state index contributed by atoms with van der Waals surface area (Å²) in [5.41, 5.74) is 3.40. The van der Waals surface area contributed by atoms with Crippen LogP contribution in [0.3, 0.4) is 0 Å². The average Bonchev–Trinajstić information content (AvgIpc) is 3.01. The Kier molecular flexibility index (Phi) is 9.71. The molecule has 4 aromatic rings. The van der Waals surface area contributed by atoms with E-state index in [0.29, 0.717) is 5.92 Å². The summed E-state index contributed by atoms with van der Waals surface area (Å²) >= 11 is 0. The Hall–Kier alpha value is -4.09. The SMILES string of the molecule is CC(C)C(=O)Nc1cccc(C2CCN(CC[C@@H](Oc3ccc(Oc4ccccc4)cc3)c3ccccc3)CC2)c1. The molecule has 5 heteroatoms. The van der Waals surface area contributed by atoms with Crippen molar-refractivity contribution in [2.24, 2.45) is 5.92 Å². The summed E-state index contributed by atoms with van der Waals surface area (Å²) < 4.78 is 12.5. The molecule has 0 aliphatic carbocycles. The maximum Gasteiger partial charge on any atom is 0.226 e. The number of carbonyl (C=O) groups excluding carboxylic acids is 1. The standard InChI is InChI=1S/C36H40N2O3/c1-27(2)36(39)37-31-13-9-12-30(26-31)28-20-23-38(24-21-28)25-22-35(29-10-5-3-6-11-29)41-34-18-16-33(17-19-34)40-32-14-7-4-8-15-32/h3-19,26-28,35H,20-25H2,1-2H3,(H,37,39)/t35-/m1/s1. The fraction of sp³-hybridized carbons (Fsp3) is 0.306. The van der Waals surface area contributed by atoms with Gasteiger partial charge in [-0.2, -0.15) is 0 Å². The molecule has 5 nitrogen and oxygen atoms in total. The molecular weight excluding hydrogens is 508 g/mol. The van der Waals surface area contributed by atoms with E-state index in [1.54, 1.807) is 0 Å². The van der Waals surface area contributed by atoms with Crippen LogP contribution >= 0.6 is 0 Å². The van der Waals surface area contributed by atoms with Crippen molar-refractivity contribution in [3.8, 4) is 17.2 Å². The van der Waals surface area contributed by atoms with Crippen molar-refractivity contribution >= 4 is 11.6 Å². The lowest BCUT2D eigenvalue weighted by Gasteiger charge is -2.33. The van der Waals surface area contributed by atoms with Gasteiger partial charge in [0.1, 0.15) is 23.4 Å². The van der Waals surface area contributed by atoms with Crippen LogP contribution in [0.15, 0.2) is 109 Å². The highest BCUT2D eigenvalue weighted by Gasteiger charge is 2.23. The quantitative estimate of drug-likeness (QED) is 0.204. The molecule has 1 fully saturated rings. The Morgan fingerprint density at radius 1 is 0.805 bits per heavy atom. The van der Waals surface area contributed by atoms with Crippen LogP contribution in [0.5, 0.6) is 17.2 Å². The first-order valence-corrected chi connectivity index (χ1v) is 14.7. The molecule has 1 amide bonds. The van der Waals surface area contributed by atoms with Gasteiger partial charge in [-0.05, 0) is 91.5 Å². The number of anilines is 1. The fourth-order valence-corrected chi connectivity index (χ4v) is 5.28. The third-order valence-corrected chi connectivity index (χ3v) is 7.70. The number of hydrogen-bond acceptors (Lipinski definition) is 4. The van der Waals surface area contributed by atoms with Crippen molar-refractivity contribution in [3.05, 3.63) is 120 Å². The van der Waals surface area contributed by atoms with Crippen LogP contribution in [0.1, 0.15) is 56.3 Å². The first kappa shape index (κ1) is 28.4. The van der Waals surface area contributed by atoms with E-state index in [4.69, 9.17) is 9.47 Å². The number of likely N-dealkylation sites (tertiary alicyclic amines) is 1. The third-order valence-electron chi connectivity index (χ3n) is 7.70. The number of para-hydroxylation sites is 1. The summed E-state index contributed by atoms with van der Waals surface area (Å²) in [6.45, 7) is 6.92. The molecule has 212 valence electrons. The molecule has 1 saturated heterocycles. The second kappa shape index (κ2) is 14.0. The summed E-state index contributed by atoms with van der Waals surface area (Å²) in [4.78, 5) is 14.7. The van der Waals surface area contributed by atoms with E-state index in [1.165, 1.54) is 11.1 Å². The smallest absolute Gasteiger partial charge is 0.226 e. The summed E-state index contributed by atoms with van der Waals surface area (Å²) in [6.07, 6.45) is 3.10. The molecule has 0 saturated carbocycles. The molecule has 0 spiro atoms. The van der Waals surface area contributed by atoms with Gasteiger partial charge in [0.2, 0.25) is 5.91 Å². The van der Waals surface area contributed by atoms with E-state index >= 15 is 0 Å². The van der Waals surface area contributed by atoms with Gasteiger partial charge in [0.05, 0.1) is 0 Å². The number of nitrogens with zero attached hydrogens (tertiary/aromatic N) is 1. The highest BCUT2D eigenvalue weighted by molar-refractivity contribution is 5.92. The van der Waals surface area contributed by atoms with E-state index in [0.717, 1.165) is 61.8 Å². The number of rotatable bonds is 11. The Balaban J connectivity index is 1.16. The summed E-state index contributed by atoms with van der Waals surface area (Å²) in [7, 11) is 0. The number of benzene rings is 4. The predicted octanol–water partition coefficient (Wildman–Crippen LogP) is 8.46. The summed E-state index contributed by atoms with van der Waals surface area (Å²) in [5, 5.41) is 3.04. The average molecular weight is 549 g/mol. The molecule has 0 radical (unpaired) electrons. The minimum absolute atomic E-state index is 0.0291. The lowest BCUT2D eigenvalue weighted by molar-refractivity contribution is -0.118. The van der Waals surface area contributed by atoms with Gasteiger partial charge in [0.25, 0.3) is 0 Å². The van der Waals surface area contributed by atoms with E-state index in [1.807, 2.05) is 80.6 Å². The number of amides is 1. The molecular formula is C36H40N2O3. The zero-order valence-electron chi connectivity index (χ0n) is 24.0. The third kappa shape index (κ3) is 8.21. The van der Waals surface area contributed by atoms with Crippen molar-refractivity contribution < 1.29 is 14.3 Å². The largest absolute Gasteiger partial charge is 0.486 e. The van der Waals surface area contributed by atoms with Gasteiger partial charge in [-0.3, -0.25) is 4.79 Å².